The molecule has 8 heteroatoms. The first kappa shape index (κ1) is 23.3. The largest absolute Gasteiger partial charge is 0.497 e. The van der Waals surface area contributed by atoms with E-state index in [2.05, 4.69) is 10.6 Å². The van der Waals surface area contributed by atoms with Gasteiger partial charge >= 0.3 is 0 Å². The smallest absolute Gasteiger partial charge is 0.253 e. The summed E-state index contributed by atoms with van der Waals surface area (Å²) >= 11 is 0. The fourth-order valence-electron chi connectivity index (χ4n) is 3.77. The van der Waals surface area contributed by atoms with Crippen molar-refractivity contribution < 1.29 is 19.1 Å². The Morgan fingerprint density at radius 1 is 1.06 bits per heavy atom. The van der Waals surface area contributed by atoms with Crippen LogP contribution in [0.3, 0.4) is 0 Å². The van der Waals surface area contributed by atoms with E-state index in [4.69, 9.17) is 10.5 Å². The number of nitrogens with two attached hydrogens (primary N) is 1. The fourth-order valence-corrected chi connectivity index (χ4v) is 3.77. The van der Waals surface area contributed by atoms with Crippen molar-refractivity contribution in [3.8, 4) is 5.75 Å². The molecule has 1 fully saturated rings. The van der Waals surface area contributed by atoms with Gasteiger partial charge in [0.25, 0.3) is 5.91 Å². The van der Waals surface area contributed by atoms with E-state index in [-0.39, 0.29) is 30.2 Å². The summed E-state index contributed by atoms with van der Waals surface area (Å²) < 4.78 is 5.15. The summed E-state index contributed by atoms with van der Waals surface area (Å²) in [6.45, 7) is 1.98. The fraction of sp³-hybridized carbons (Fsp3) is 0.375. The molecule has 170 valence electrons. The number of para-hydroxylation sites is 1. The van der Waals surface area contributed by atoms with Crippen molar-refractivity contribution in [1.82, 2.24) is 10.2 Å². The standard InChI is InChI=1S/C24H30N4O4/c1-32-19-8-6-17(7-9-19)10-13-26-24(31)20-4-2-3-5-21(20)27-22(29)16-28-14-11-18(12-15-28)23(25)30/h2-9,18H,10-16H2,1H3,(H2,25,30)(H,26,31)(H,27,29). The zero-order valence-electron chi connectivity index (χ0n) is 18.3. The Hall–Kier alpha value is -3.39. The average molecular weight is 439 g/mol. The zero-order valence-corrected chi connectivity index (χ0v) is 18.3. The molecule has 8 nitrogen and oxygen atoms in total. The van der Waals surface area contributed by atoms with Gasteiger partial charge in [-0.3, -0.25) is 19.3 Å². The summed E-state index contributed by atoms with van der Waals surface area (Å²) in [5.41, 5.74) is 7.35. The highest BCUT2D eigenvalue weighted by Crippen LogP contribution is 2.18. The predicted molar refractivity (Wildman–Crippen MR) is 122 cm³/mol. The second kappa shape index (κ2) is 11.3. The first-order chi connectivity index (χ1) is 15.5. The van der Waals surface area contributed by atoms with Crippen LogP contribution < -0.4 is 21.1 Å². The monoisotopic (exact) mass is 438 g/mol. The van der Waals surface area contributed by atoms with Crippen LogP contribution in [0.1, 0.15) is 28.8 Å². The molecule has 3 amide bonds. The van der Waals surface area contributed by atoms with Crippen molar-refractivity contribution in [1.29, 1.82) is 0 Å². The Bertz CT molecular complexity index is 937. The molecule has 3 rings (SSSR count). The van der Waals surface area contributed by atoms with E-state index in [0.717, 1.165) is 11.3 Å². The lowest BCUT2D eigenvalue weighted by Gasteiger charge is -2.29. The second-order valence-electron chi connectivity index (χ2n) is 7.90. The van der Waals surface area contributed by atoms with Crippen LogP contribution in [0.2, 0.25) is 0 Å². The molecule has 0 radical (unpaired) electrons. The number of benzene rings is 2. The van der Waals surface area contributed by atoms with E-state index in [1.807, 2.05) is 29.2 Å². The van der Waals surface area contributed by atoms with E-state index >= 15 is 0 Å². The third-order valence-corrected chi connectivity index (χ3v) is 5.66. The highest BCUT2D eigenvalue weighted by molar-refractivity contribution is 6.04. The number of hydrogen-bond donors (Lipinski definition) is 3. The number of anilines is 1. The molecule has 4 N–H and O–H groups in total. The van der Waals surface area contributed by atoms with E-state index in [1.165, 1.54) is 0 Å². The van der Waals surface area contributed by atoms with Crippen LogP contribution in [0.5, 0.6) is 5.75 Å². The molecule has 0 bridgehead atoms. The van der Waals surface area contributed by atoms with Crippen molar-refractivity contribution in [3.63, 3.8) is 0 Å². The Labute approximate surface area is 188 Å². The molecule has 1 saturated heterocycles. The molecular weight excluding hydrogens is 408 g/mol. The van der Waals surface area contributed by atoms with Gasteiger partial charge in [-0.2, -0.15) is 0 Å². The van der Waals surface area contributed by atoms with Gasteiger partial charge in [0.15, 0.2) is 0 Å². The number of nitrogens with one attached hydrogen (secondary N) is 2. The SMILES string of the molecule is COc1ccc(CCNC(=O)c2ccccc2NC(=O)CN2CCC(C(N)=O)CC2)cc1. The lowest BCUT2D eigenvalue weighted by molar-refractivity contribution is -0.123. The average Bonchev–Trinajstić information content (AvgIpc) is 2.80. The maximum atomic E-state index is 12.7. The van der Waals surface area contributed by atoms with Crippen LogP contribution >= 0.6 is 0 Å². The Morgan fingerprint density at radius 2 is 1.75 bits per heavy atom. The summed E-state index contributed by atoms with van der Waals surface area (Å²) in [6, 6.07) is 14.7. The third kappa shape index (κ3) is 6.55. The van der Waals surface area contributed by atoms with Crippen LogP contribution in [-0.2, 0) is 16.0 Å². The van der Waals surface area contributed by atoms with Crippen molar-refractivity contribution in [2.24, 2.45) is 11.7 Å². The van der Waals surface area contributed by atoms with Crippen LogP contribution in [0.15, 0.2) is 48.5 Å². The molecule has 0 saturated carbocycles. The number of likely N-dealkylation sites (tertiary alicyclic amines) is 1. The van der Waals surface area contributed by atoms with Crippen LogP contribution in [0, 0.1) is 5.92 Å². The third-order valence-electron chi connectivity index (χ3n) is 5.66. The Balaban J connectivity index is 1.50. The van der Waals surface area contributed by atoms with E-state index in [0.29, 0.717) is 50.1 Å². The topological polar surface area (TPSA) is 114 Å². The number of carbonyl (C=O) groups excluding carboxylic acids is 3. The summed E-state index contributed by atoms with van der Waals surface area (Å²) in [5.74, 6) is -0.0323. The number of amides is 3. The minimum absolute atomic E-state index is 0.114. The highest BCUT2D eigenvalue weighted by atomic mass is 16.5. The van der Waals surface area contributed by atoms with E-state index < -0.39 is 0 Å². The van der Waals surface area contributed by atoms with Gasteiger partial charge < -0.3 is 21.1 Å². The van der Waals surface area contributed by atoms with Gasteiger partial charge in [0.2, 0.25) is 11.8 Å². The second-order valence-corrected chi connectivity index (χ2v) is 7.90. The molecule has 1 aliphatic rings. The van der Waals surface area contributed by atoms with E-state index in [9.17, 15) is 14.4 Å². The van der Waals surface area contributed by atoms with Gasteiger partial charge in [0.1, 0.15) is 5.75 Å². The quantitative estimate of drug-likeness (QED) is 0.553. The van der Waals surface area contributed by atoms with Gasteiger partial charge in [-0.05, 0) is 62.2 Å². The van der Waals surface area contributed by atoms with Gasteiger partial charge in [0.05, 0.1) is 24.9 Å². The van der Waals surface area contributed by atoms with Gasteiger partial charge in [-0.15, -0.1) is 0 Å². The maximum absolute atomic E-state index is 12.7. The van der Waals surface area contributed by atoms with Gasteiger partial charge in [-0.25, -0.2) is 0 Å². The minimum atomic E-state index is -0.277. The van der Waals surface area contributed by atoms with Gasteiger partial charge in [0, 0.05) is 12.5 Å². The molecule has 2 aromatic carbocycles. The molecular formula is C24H30N4O4. The van der Waals surface area contributed by atoms with Crippen LogP contribution in [-0.4, -0.2) is 55.9 Å². The molecule has 0 aliphatic carbocycles. The first-order valence-electron chi connectivity index (χ1n) is 10.8. The van der Waals surface area contributed by atoms with Crippen molar-refractivity contribution in [2.45, 2.75) is 19.3 Å². The molecule has 0 spiro atoms. The molecule has 0 aromatic heterocycles. The predicted octanol–water partition coefficient (Wildman–Crippen LogP) is 1.80. The molecule has 32 heavy (non-hydrogen) atoms. The Morgan fingerprint density at radius 3 is 2.41 bits per heavy atom. The van der Waals surface area contributed by atoms with Crippen molar-refractivity contribution >= 4 is 23.4 Å². The van der Waals surface area contributed by atoms with Crippen molar-refractivity contribution in [2.75, 3.05) is 38.6 Å². The molecule has 1 heterocycles. The number of ether oxygens (including phenoxy) is 1. The van der Waals surface area contributed by atoms with Gasteiger partial charge in [-0.1, -0.05) is 24.3 Å². The normalized spacial score (nSPS) is 14.5. The minimum Gasteiger partial charge on any atom is -0.497 e. The molecule has 0 unspecified atom stereocenters. The summed E-state index contributed by atoms with van der Waals surface area (Å²) in [5, 5.41) is 5.76. The number of rotatable bonds is 9. The highest BCUT2D eigenvalue weighted by Gasteiger charge is 2.24. The lowest BCUT2D eigenvalue weighted by Crippen LogP contribution is -2.42. The number of hydrogen-bond acceptors (Lipinski definition) is 5. The van der Waals surface area contributed by atoms with E-state index in [1.54, 1.807) is 31.4 Å². The first-order valence-corrected chi connectivity index (χ1v) is 10.8. The van der Waals surface area contributed by atoms with Crippen LogP contribution in [0.4, 0.5) is 5.69 Å². The molecule has 0 atom stereocenters. The summed E-state index contributed by atoms with van der Waals surface area (Å²) in [6.07, 6.45) is 2.01. The summed E-state index contributed by atoms with van der Waals surface area (Å²) in [4.78, 5) is 38.5. The molecule has 1 aliphatic heterocycles. The summed E-state index contributed by atoms with van der Waals surface area (Å²) in [7, 11) is 1.62. The number of nitrogens with zero attached hydrogens (tertiary/aromatic N) is 1. The number of carbonyl (C=O) groups is 3. The maximum Gasteiger partial charge on any atom is 0.253 e. The number of methoxy groups -OCH3 is 1. The number of piperidine rings is 1. The lowest BCUT2D eigenvalue weighted by atomic mass is 9.96. The molecule has 2 aromatic rings. The number of primary amides is 1. The van der Waals surface area contributed by atoms with Crippen LogP contribution in [0.25, 0.3) is 0 Å². The zero-order chi connectivity index (χ0) is 22.9. The van der Waals surface area contributed by atoms with Crippen molar-refractivity contribution in [3.05, 3.63) is 59.7 Å². The Kier molecular flexibility index (Phi) is 8.21.